The molecule has 0 aliphatic carbocycles. The molecule has 132 valence electrons. The normalized spacial score (nSPS) is 11.8. The van der Waals surface area contributed by atoms with E-state index in [2.05, 4.69) is 10.3 Å². The summed E-state index contributed by atoms with van der Waals surface area (Å²) >= 11 is 1.03. The molecule has 2 N–H and O–H groups in total. The first kappa shape index (κ1) is 17.8. The molecule has 0 spiro atoms. The van der Waals surface area contributed by atoms with Crippen LogP contribution in [0.3, 0.4) is 0 Å². The molecule has 1 atom stereocenters. The highest BCUT2D eigenvalue weighted by molar-refractivity contribution is 7.17. The van der Waals surface area contributed by atoms with E-state index in [1.807, 2.05) is 0 Å². The van der Waals surface area contributed by atoms with Gasteiger partial charge in [0, 0.05) is 5.56 Å². The lowest BCUT2D eigenvalue weighted by atomic mass is 10.1. The van der Waals surface area contributed by atoms with Crippen LogP contribution in [0.5, 0.6) is 0 Å². The van der Waals surface area contributed by atoms with Crippen LogP contribution in [0.2, 0.25) is 0 Å². The largest absolute Gasteiger partial charge is 0.479 e. The first-order valence-corrected chi connectivity index (χ1v) is 8.60. The summed E-state index contributed by atoms with van der Waals surface area (Å²) in [7, 11) is 0. The number of hydrogen-bond donors (Lipinski definition) is 2. The van der Waals surface area contributed by atoms with E-state index in [0.29, 0.717) is 21.8 Å². The summed E-state index contributed by atoms with van der Waals surface area (Å²) in [5, 5.41) is 12.3. The molecule has 3 aromatic rings. The van der Waals surface area contributed by atoms with Crippen molar-refractivity contribution in [2.24, 2.45) is 0 Å². The van der Waals surface area contributed by atoms with Gasteiger partial charge in [0.1, 0.15) is 15.7 Å². The lowest BCUT2D eigenvalue weighted by Crippen LogP contribution is -2.33. The summed E-state index contributed by atoms with van der Waals surface area (Å²) in [6, 6.07) is 13.4. The molecule has 1 heterocycles. The quantitative estimate of drug-likeness (QED) is 0.716. The molecule has 0 radical (unpaired) electrons. The minimum absolute atomic E-state index is 0.255. The molecule has 2 aromatic carbocycles. The number of amides is 1. The van der Waals surface area contributed by atoms with Crippen LogP contribution >= 0.6 is 11.3 Å². The minimum atomic E-state index is -1.18. The number of carboxylic acid groups (broad SMARTS) is 1. The number of halogens is 1. The maximum absolute atomic E-state index is 13.9. The van der Waals surface area contributed by atoms with Gasteiger partial charge in [0.05, 0.1) is 5.69 Å². The molecule has 0 fully saturated rings. The molecule has 7 heteroatoms. The predicted molar refractivity (Wildman–Crippen MR) is 96.5 cm³/mol. The van der Waals surface area contributed by atoms with Crippen LogP contribution in [-0.2, 0) is 4.79 Å². The number of nitrogens with zero attached hydrogens (tertiary/aromatic N) is 1. The fraction of sp³-hybridized carbons (Fsp3) is 0.105. The summed E-state index contributed by atoms with van der Waals surface area (Å²) in [6.07, 6.45) is 0. The first-order chi connectivity index (χ1) is 12.5. The summed E-state index contributed by atoms with van der Waals surface area (Å²) in [4.78, 5) is 28.6. The average molecular weight is 370 g/mol. The van der Waals surface area contributed by atoms with Gasteiger partial charge in [-0.25, -0.2) is 14.2 Å². The van der Waals surface area contributed by atoms with E-state index >= 15 is 0 Å². The summed E-state index contributed by atoms with van der Waals surface area (Å²) in [6.45, 7) is 1.63. The van der Waals surface area contributed by atoms with E-state index in [1.165, 1.54) is 6.07 Å². The number of aliphatic carboxylic acids is 1. The lowest BCUT2D eigenvalue weighted by molar-refractivity contribution is -0.139. The Morgan fingerprint density at radius 1 is 1.12 bits per heavy atom. The van der Waals surface area contributed by atoms with Crippen LogP contribution in [0.4, 0.5) is 4.39 Å². The third-order valence-electron chi connectivity index (χ3n) is 3.76. The zero-order valence-electron chi connectivity index (χ0n) is 13.8. The van der Waals surface area contributed by atoms with Gasteiger partial charge < -0.3 is 10.4 Å². The number of aromatic nitrogens is 1. The van der Waals surface area contributed by atoms with Gasteiger partial charge in [-0.05, 0) is 24.6 Å². The van der Waals surface area contributed by atoms with Crippen molar-refractivity contribution < 1.29 is 19.1 Å². The zero-order valence-corrected chi connectivity index (χ0v) is 14.6. The van der Waals surface area contributed by atoms with Gasteiger partial charge in [0.2, 0.25) is 0 Å². The standard InChI is InChI=1S/C19H15FN2O3S/c1-11-16(26-18(21-11)13-9-5-6-10-14(13)20)17(23)22-15(19(24)25)12-7-3-2-4-8-12/h2-10,15H,1H3,(H,22,23)(H,24,25)/t15-/m1/s1. The summed E-state index contributed by atoms with van der Waals surface area (Å²) in [5.74, 6) is -2.15. The number of thiazole rings is 1. The molecule has 26 heavy (non-hydrogen) atoms. The third kappa shape index (κ3) is 3.62. The van der Waals surface area contributed by atoms with Crippen molar-refractivity contribution >= 4 is 23.2 Å². The van der Waals surface area contributed by atoms with E-state index in [4.69, 9.17) is 0 Å². The first-order valence-electron chi connectivity index (χ1n) is 7.78. The monoisotopic (exact) mass is 370 g/mol. The fourth-order valence-electron chi connectivity index (χ4n) is 2.49. The Bertz CT molecular complexity index is 956. The molecule has 3 rings (SSSR count). The SMILES string of the molecule is Cc1nc(-c2ccccc2F)sc1C(=O)N[C@@H](C(=O)O)c1ccccc1. The topological polar surface area (TPSA) is 79.3 Å². The lowest BCUT2D eigenvalue weighted by Gasteiger charge is -2.14. The van der Waals surface area contributed by atoms with Crippen molar-refractivity contribution in [3.63, 3.8) is 0 Å². The molecule has 5 nitrogen and oxygen atoms in total. The second-order valence-electron chi connectivity index (χ2n) is 5.57. The Kier molecular flexibility index (Phi) is 5.09. The third-order valence-corrected chi connectivity index (χ3v) is 4.95. The molecule has 1 amide bonds. The van der Waals surface area contributed by atoms with E-state index in [9.17, 15) is 19.1 Å². The number of nitrogens with one attached hydrogen (secondary N) is 1. The minimum Gasteiger partial charge on any atom is -0.479 e. The molecule has 0 saturated heterocycles. The molecule has 0 unspecified atom stereocenters. The smallest absolute Gasteiger partial charge is 0.330 e. The Hall–Kier alpha value is -3.06. The average Bonchev–Trinajstić information content (AvgIpc) is 3.02. The van der Waals surface area contributed by atoms with Crippen molar-refractivity contribution in [3.8, 4) is 10.6 Å². The number of carboxylic acids is 1. The predicted octanol–water partition coefficient (Wildman–Crippen LogP) is 3.81. The van der Waals surface area contributed by atoms with Gasteiger partial charge in [0.15, 0.2) is 6.04 Å². The molecular formula is C19H15FN2O3S. The van der Waals surface area contributed by atoms with Gasteiger partial charge in [-0.3, -0.25) is 4.79 Å². The number of benzene rings is 2. The molecule has 0 bridgehead atoms. The van der Waals surface area contributed by atoms with Crippen molar-refractivity contribution in [2.75, 3.05) is 0 Å². The second-order valence-corrected chi connectivity index (χ2v) is 6.57. The van der Waals surface area contributed by atoms with Crippen molar-refractivity contribution in [1.82, 2.24) is 10.3 Å². The fourth-order valence-corrected chi connectivity index (χ4v) is 3.48. The van der Waals surface area contributed by atoms with E-state index in [1.54, 1.807) is 55.5 Å². The van der Waals surface area contributed by atoms with Crippen LogP contribution in [0.15, 0.2) is 54.6 Å². The Morgan fingerprint density at radius 2 is 1.77 bits per heavy atom. The zero-order chi connectivity index (χ0) is 18.7. The van der Waals surface area contributed by atoms with E-state index in [0.717, 1.165) is 11.3 Å². The molecule has 0 aliphatic rings. The number of aryl methyl sites for hydroxylation is 1. The second kappa shape index (κ2) is 7.45. The molecule has 0 saturated carbocycles. The number of carbonyl (C=O) groups is 2. The summed E-state index contributed by atoms with van der Waals surface area (Å²) in [5.41, 5.74) is 1.19. The molecule has 1 aromatic heterocycles. The highest BCUT2D eigenvalue weighted by Crippen LogP contribution is 2.30. The van der Waals surface area contributed by atoms with Crippen LogP contribution in [0.1, 0.15) is 27.0 Å². The van der Waals surface area contributed by atoms with Crippen LogP contribution in [-0.4, -0.2) is 22.0 Å². The number of carbonyl (C=O) groups excluding carboxylic acids is 1. The summed E-state index contributed by atoms with van der Waals surface area (Å²) < 4.78 is 13.9. The highest BCUT2D eigenvalue weighted by atomic mass is 32.1. The van der Waals surface area contributed by atoms with Gasteiger partial charge in [-0.1, -0.05) is 42.5 Å². The van der Waals surface area contributed by atoms with E-state index in [-0.39, 0.29) is 4.88 Å². The van der Waals surface area contributed by atoms with Gasteiger partial charge >= 0.3 is 5.97 Å². The van der Waals surface area contributed by atoms with Crippen LogP contribution < -0.4 is 5.32 Å². The highest BCUT2D eigenvalue weighted by Gasteiger charge is 2.25. The van der Waals surface area contributed by atoms with Gasteiger partial charge in [0.25, 0.3) is 5.91 Å². The maximum atomic E-state index is 13.9. The maximum Gasteiger partial charge on any atom is 0.330 e. The number of rotatable bonds is 5. The Morgan fingerprint density at radius 3 is 2.42 bits per heavy atom. The van der Waals surface area contributed by atoms with Crippen molar-refractivity contribution in [2.45, 2.75) is 13.0 Å². The number of hydrogen-bond acceptors (Lipinski definition) is 4. The Balaban J connectivity index is 1.88. The van der Waals surface area contributed by atoms with Crippen LogP contribution in [0, 0.1) is 12.7 Å². The van der Waals surface area contributed by atoms with Gasteiger partial charge in [-0.2, -0.15) is 0 Å². The van der Waals surface area contributed by atoms with Crippen molar-refractivity contribution in [1.29, 1.82) is 0 Å². The Labute approximate surface area is 153 Å². The van der Waals surface area contributed by atoms with Gasteiger partial charge in [-0.15, -0.1) is 11.3 Å². The van der Waals surface area contributed by atoms with E-state index < -0.39 is 23.7 Å². The van der Waals surface area contributed by atoms with Crippen LogP contribution in [0.25, 0.3) is 10.6 Å². The molecular weight excluding hydrogens is 355 g/mol. The van der Waals surface area contributed by atoms with Crippen molar-refractivity contribution in [3.05, 3.63) is 76.5 Å². The molecule has 0 aliphatic heterocycles.